The lowest BCUT2D eigenvalue weighted by atomic mass is 10.2. The number of rotatable bonds is 6. The maximum absolute atomic E-state index is 12.6. The standard InChI is InChI=1S/C17H17ClN6O4/c1-3-28-14(26)7-19-13(25)8-23-9-20-16-15(17(23)27)21-22-24(16)11-5-4-10(2)12(18)6-11/h4-6,9H,3,7-8H2,1-2H3,(H,19,25). The Morgan fingerprint density at radius 1 is 1.32 bits per heavy atom. The van der Waals surface area contributed by atoms with E-state index < -0.39 is 17.4 Å². The second-order valence-electron chi connectivity index (χ2n) is 5.87. The fourth-order valence-electron chi connectivity index (χ4n) is 2.44. The second-order valence-corrected chi connectivity index (χ2v) is 6.27. The highest BCUT2D eigenvalue weighted by molar-refractivity contribution is 6.31. The third-order valence-electron chi connectivity index (χ3n) is 3.88. The number of aromatic nitrogens is 5. The SMILES string of the molecule is CCOC(=O)CNC(=O)Cn1cnc2c(nnn2-c2ccc(C)c(Cl)c2)c1=O. The summed E-state index contributed by atoms with van der Waals surface area (Å²) in [5.41, 5.74) is 1.24. The van der Waals surface area contributed by atoms with Crippen LogP contribution in [0.5, 0.6) is 0 Å². The van der Waals surface area contributed by atoms with Gasteiger partial charge in [-0.1, -0.05) is 22.9 Å². The molecular weight excluding hydrogens is 388 g/mol. The summed E-state index contributed by atoms with van der Waals surface area (Å²) in [6.07, 6.45) is 1.23. The van der Waals surface area contributed by atoms with Crippen LogP contribution in [0.25, 0.3) is 16.9 Å². The molecule has 0 aliphatic carbocycles. The van der Waals surface area contributed by atoms with Gasteiger partial charge in [0.15, 0.2) is 11.2 Å². The van der Waals surface area contributed by atoms with Gasteiger partial charge in [0, 0.05) is 5.02 Å². The molecule has 1 aromatic carbocycles. The molecule has 10 nitrogen and oxygen atoms in total. The maximum Gasteiger partial charge on any atom is 0.325 e. The third-order valence-corrected chi connectivity index (χ3v) is 4.29. The quantitative estimate of drug-likeness (QED) is 0.597. The highest BCUT2D eigenvalue weighted by Crippen LogP contribution is 2.20. The summed E-state index contributed by atoms with van der Waals surface area (Å²) in [6, 6.07) is 5.30. The van der Waals surface area contributed by atoms with E-state index in [9.17, 15) is 14.4 Å². The van der Waals surface area contributed by atoms with Crippen molar-refractivity contribution in [3.05, 3.63) is 45.5 Å². The number of ether oxygens (including phenoxy) is 1. The number of amides is 1. The number of halogens is 1. The molecule has 0 atom stereocenters. The maximum atomic E-state index is 12.6. The van der Waals surface area contributed by atoms with E-state index in [4.69, 9.17) is 16.3 Å². The molecule has 3 rings (SSSR count). The monoisotopic (exact) mass is 404 g/mol. The molecule has 0 aliphatic heterocycles. The zero-order valence-corrected chi connectivity index (χ0v) is 15.9. The largest absolute Gasteiger partial charge is 0.465 e. The van der Waals surface area contributed by atoms with Crippen molar-refractivity contribution in [2.75, 3.05) is 13.2 Å². The normalized spacial score (nSPS) is 10.8. The van der Waals surface area contributed by atoms with Crippen molar-refractivity contribution in [1.82, 2.24) is 29.9 Å². The Labute approximate surface area is 164 Å². The summed E-state index contributed by atoms with van der Waals surface area (Å²) < 4.78 is 7.20. The zero-order valence-electron chi connectivity index (χ0n) is 15.2. The lowest BCUT2D eigenvalue weighted by Crippen LogP contribution is -2.36. The van der Waals surface area contributed by atoms with Crippen molar-refractivity contribution in [3.8, 4) is 5.69 Å². The van der Waals surface area contributed by atoms with Crippen LogP contribution < -0.4 is 10.9 Å². The molecular formula is C17H17ClN6O4. The molecule has 2 heterocycles. The summed E-state index contributed by atoms with van der Waals surface area (Å²) in [5.74, 6) is -1.09. The Balaban J connectivity index is 1.83. The number of hydrogen-bond acceptors (Lipinski definition) is 7. The zero-order chi connectivity index (χ0) is 20.3. The average molecular weight is 405 g/mol. The lowest BCUT2D eigenvalue weighted by molar-refractivity contribution is -0.143. The molecule has 0 fully saturated rings. The molecule has 1 amide bonds. The van der Waals surface area contributed by atoms with E-state index >= 15 is 0 Å². The minimum Gasteiger partial charge on any atom is -0.465 e. The Hall–Kier alpha value is -3.27. The van der Waals surface area contributed by atoms with Crippen LogP contribution in [-0.2, 0) is 20.9 Å². The highest BCUT2D eigenvalue weighted by Gasteiger charge is 2.15. The highest BCUT2D eigenvalue weighted by atomic mass is 35.5. The number of carbonyl (C=O) groups is 2. The van der Waals surface area contributed by atoms with Crippen molar-refractivity contribution in [3.63, 3.8) is 0 Å². The third kappa shape index (κ3) is 4.01. The summed E-state index contributed by atoms with van der Waals surface area (Å²) in [4.78, 5) is 40.0. The van der Waals surface area contributed by atoms with Gasteiger partial charge in [-0.25, -0.2) is 4.98 Å². The number of benzene rings is 1. The van der Waals surface area contributed by atoms with E-state index in [1.54, 1.807) is 19.1 Å². The Kier molecular flexibility index (Phi) is 5.69. The van der Waals surface area contributed by atoms with Crippen LogP contribution >= 0.6 is 11.6 Å². The van der Waals surface area contributed by atoms with Crippen molar-refractivity contribution < 1.29 is 14.3 Å². The molecule has 2 aromatic heterocycles. The first kappa shape index (κ1) is 19.5. The topological polar surface area (TPSA) is 121 Å². The van der Waals surface area contributed by atoms with E-state index in [1.165, 1.54) is 11.0 Å². The van der Waals surface area contributed by atoms with E-state index in [0.29, 0.717) is 10.7 Å². The first-order chi connectivity index (χ1) is 13.4. The van der Waals surface area contributed by atoms with Gasteiger partial charge in [-0.15, -0.1) is 5.10 Å². The van der Waals surface area contributed by atoms with Crippen LogP contribution in [0.1, 0.15) is 12.5 Å². The second kappa shape index (κ2) is 8.17. The van der Waals surface area contributed by atoms with Crippen molar-refractivity contribution in [2.24, 2.45) is 0 Å². The molecule has 0 spiro atoms. The predicted molar refractivity (Wildman–Crippen MR) is 100 cm³/mol. The number of carbonyl (C=O) groups excluding carboxylic acids is 2. The molecule has 0 aliphatic rings. The summed E-state index contributed by atoms with van der Waals surface area (Å²) in [5, 5.41) is 10.8. The number of hydrogen-bond donors (Lipinski definition) is 1. The van der Waals surface area contributed by atoms with E-state index in [1.807, 2.05) is 13.0 Å². The predicted octanol–water partition coefficient (Wildman–Crippen LogP) is 0.618. The number of aryl methyl sites for hydroxylation is 1. The van der Waals surface area contributed by atoms with E-state index in [2.05, 4.69) is 20.6 Å². The van der Waals surface area contributed by atoms with Gasteiger partial charge in [-0.05, 0) is 31.5 Å². The van der Waals surface area contributed by atoms with Gasteiger partial charge in [-0.3, -0.25) is 19.0 Å². The fraction of sp³-hybridized carbons (Fsp3) is 0.294. The van der Waals surface area contributed by atoms with Crippen LogP contribution in [0, 0.1) is 6.92 Å². The molecule has 0 saturated carbocycles. The van der Waals surface area contributed by atoms with Crippen LogP contribution in [-0.4, -0.2) is 49.6 Å². The number of nitrogens with zero attached hydrogens (tertiary/aromatic N) is 5. The van der Waals surface area contributed by atoms with Crippen molar-refractivity contribution >= 4 is 34.6 Å². The molecule has 0 saturated heterocycles. The van der Waals surface area contributed by atoms with Crippen LogP contribution in [0.4, 0.5) is 0 Å². The minimum atomic E-state index is -0.559. The molecule has 0 bridgehead atoms. The van der Waals surface area contributed by atoms with E-state index in [0.717, 1.165) is 10.1 Å². The van der Waals surface area contributed by atoms with Crippen molar-refractivity contribution in [2.45, 2.75) is 20.4 Å². The van der Waals surface area contributed by atoms with Crippen molar-refractivity contribution in [1.29, 1.82) is 0 Å². The lowest BCUT2D eigenvalue weighted by Gasteiger charge is -2.07. The van der Waals surface area contributed by atoms with Gasteiger partial charge in [0.05, 0.1) is 12.3 Å². The fourth-order valence-corrected chi connectivity index (χ4v) is 2.61. The van der Waals surface area contributed by atoms with Gasteiger partial charge in [0.2, 0.25) is 5.91 Å². The number of fused-ring (bicyclic) bond motifs is 1. The Bertz CT molecular complexity index is 1110. The molecule has 28 heavy (non-hydrogen) atoms. The number of esters is 1. The first-order valence-corrected chi connectivity index (χ1v) is 8.78. The first-order valence-electron chi connectivity index (χ1n) is 8.40. The van der Waals surface area contributed by atoms with Gasteiger partial charge < -0.3 is 10.1 Å². The van der Waals surface area contributed by atoms with Gasteiger partial charge in [0.25, 0.3) is 5.56 Å². The molecule has 3 aromatic rings. The summed E-state index contributed by atoms with van der Waals surface area (Å²) in [6.45, 7) is 3.16. The number of nitrogens with one attached hydrogen (secondary N) is 1. The molecule has 0 unspecified atom stereocenters. The Morgan fingerprint density at radius 2 is 2.11 bits per heavy atom. The molecule has 146 valence electrons. The van der Waals surface area contributed by atoms with Crippen LogP contribution in [0.2, 0.25) is 5.02 Å². The smallest absolute Gasteiger partial charge is 0.325 e. The Morgan fingerprint density at radius 3 is 2.82 bits per heavy atom. The average Bonchev–Trinajstić information content (AvgIpc) is 3.10. The van der Waals surface area contributed by atoms with Crippen LogP contribution in [0.15, 0.2) is 29.3 Å². The molecule has 0 radical (unpaired) electrons. The van der Waals surface area contributed by atoms with Gasteiger partial charge in [0.1, 0.15) is 19.4 Å². The molecule has 11 heteroatoms. The summed E-state index contributed by atoms with van der Waals surface area (Å²) in [7, 11) is 0. The summed E-state index contributed by atoms with van der Waals surface area (Å²) >= 11 is 6.14. The van der Waals surface area contributed by atoms with Gasteiger partial charge in [-0.2, -0.15) is 4.68 Å². The molecule has 1 N–H and O–H groups in total. The van der Waals surface area contributed by atoms with E-state index in [-0.39, 0.29) is 30.9 Å². The minimum absolute atomic E-state index is 0.0115. The van der Waals surface area contributed by atoms with Crippen LogP contribution in [0.3, 0.4) is 0 Å². The van der Waals surface area contributed by atoms with Gasteiger partial charge >= 0.3 is 5.97 Å².